The summed E-state index contributed by atoms with van der Waals surface area (Å²) in [6.45, 7) is 2.92. The second kappa shape index (κ2) is 11.2. The van der Waals surface area contributed by atoms with Crippen LogP contribution >= 0.6 is 0 Å². The molecule has 192 valence electrons. The first-order valence-electron chi connectivity index (χ1n) is 12.0. The maximum absolute atomic E-state index is 13.2. The highest BCUT2D eigenvalue weighted by molar-refractivity contribution is 6.37. The van der Waals surface area contributed by atoms with E-state index in [1.165, 1.54) is 0 Å². The molecule has 1 aliphatic rings. The van der Waals surface area contributed by atoms with E-state index in [0.29, 0.717) is 35.0 Å². The van der Waals surface area contributed by atoms with E-state index in [9.17, 15) is 9.59 Å². The molecular weight excluding hydrogens is 468 g/mol. The molecule has 0 fully saturated rings. The van der Waals surface area contributed by atoms with Gasteiger partial charge in [0.1, 0.15) is 0 Å². The van der Waals surface area contributed by atoms with Crippen molar-refractivity contribution in [2.75, 3.05) is 56.9 Å². The van der Waals surface area contributed by atoms with Gasteiger partial charge in [-0.1, -0.05) is 30.3 Å². The lowest BCUT2D eigenvalue weighted by Crippen LogP contribution is -2.35. The molecule has 0 unspecified atom stereocenters. The maximum atomic E-state index is 13.2. The molecular formula is C29H32N4O4. The quantitative estimate of drug-likeness (QED) is 0.420. The molecule has 4 rings (SSSR count). The average molecular weight is 501 g/mol. The third-order valence-corrected chi connectivity index (χ3v) is 6.18. The van der Waals surface area contributed by atoms with Crippen LogP contribution in [0.2, 0.25) is 0 Å². The second-order valence-electron chi connectivity index (χ2n) is 8.97. The van der Waals surface area contributed by atoms with Gasteiger partial charge in [-0.05, 0) is 50.0 Å². The van der Waals surface area contributed by atoms with Crippen LogP contribution < -0.4 is 25.0 Å². The van der Waals surface area contributed by atoms with Gasteiger partial charge in [-0.3, -0.25) is 9.59 Å². The van der Waals surface area contributed by atoms with Crippen molar-refractivity contribution < 1.29 is 19.1 Å². The van der Waals surface area contributed by atoms with E-state index in [1.54, 1.807) is 32.1 Å². The number of carbonyl (C=O) groups excluding carboxylic acids is 2. The van der Waals surface area contributed by atoms with Gasteiger partial charge in [-0.25, -0.2) is 0 Å². The van der Waals surface area contributed by atoms with Gasteiger partial charge in [-0.15, -0.1) is 0 Å². The van der Waals surface area contributed by atoms with Gasteiger partial charge < -0.3 is 29.9 Å². The lowest BCUT2D eigenvalue weighted by atomic mass is 9.99. The zero-order valence-corrected chi connectivity index (χ0v) is 21.8. The van der Waals surface area contributed by atoms with E-state index in [2.05, 4.69) is 10.6 Å². The summed E-state index contributed by atoms with van der Waals surface area (Å²) >= 11 is 0. The van der Waals surface area contributed by atoms with E-state index in [-0.39, 0.29) is 11.8 Å². The summed E-state index contributed by atoms with van der Waals surface area (Å²) in [6.07, 6.45) is 0. The third-order valence-electron chi connectivity index (χ3n) is 6.18. The van der Waals surface area contributed by atoms with Gasteiger partial charge >= 0.3 is 0 Å². The zero-order valence-electron chi connectivity index (χ0n) is 21.8. The third kappa shape index (κ3) is 5.59. The number of benzene rings is 3. The van der Waals surface area contributed by atoms with Crippen LogP contribution in [0.3, 0.4) is 0 Å². The number of carbonyl (C=O) groups is 2. The SMILES string of the molecule is COc1cc2c(cc1OC)/C(=C(\Nc1ccc(N(CCN(C)C)C(C)=O)cc1)c1ccccc1)C(=O)N2. The molecule has 3 aromatic carbocycles. The summed E-state index contributed by atoms with van der Waals surface area (Å²) in [4.78, 5) is 29.3. The predicted octanol–water partition coefficient (Wildman–Crippen LogP) is 4.55. The highest BCUT2D eigenvalue weighted by atomic mass is 16.5. The van der Waals surface area contributed by atoms with Gasteiger partial charge in [0.2, 0.25) is 5.91 Å². The van der Waals surface area contributed by atoms with Crippen LogP contribution in [0.1, 0.15) is 18.1 Å². The van der Waals surface area contributed by atoms with Crippen LogP contribution in [0.25, 0.3) is 11.3 Å². The second-order valence-corrected chi connectivity index (χ2v) is 8.97. The van der Waals surface area contributed by atoms with Crippen LogP contribution in [0.4, 0.5) is 17.1 Å². The topological polar surface area (TPSA) is 83.1 Å². The van der Waals surface area contributed by atoms with Crippen molar-refractivity contribution in [1.29, 1.82) is 0 Å². The van der Waals surface area contributed by atoms with Crippen molar-refractivity contribution in [3.05, 3.63) is 77.9 Å². The Morgan fingerprint density at radius 1 is 0.919 bits per heavy atom. The van der Waals surface area contributed by atoms with Crippen molar-refractivity contribution in [2.45, 2.75) is 6.92 Å². The summed E-state index contributed by atoms with van der Waals surface area (Å²) in [6, 6.07) is 20.9. The molecule has 0 saturated heterocycles. The Kier molecular flexibility index (Phi) is 7.79. The fourth-order valence-electron chi connectivity index (χ4n) is 4.27. The Morgan fingerprint density at radius 2 is 1.57 bits per heavy atom. The molecule has 3 aromatic rings. The number of nitrogens with one attached hydrogen (secondary N) is 2. The smallest absolute Gasteiger partial charge is 0.258 e. The number of amides is 2. The first-order chi connectivity index (χ1) is 17.8. The standard InChI is InChI=1S/C29H32N4O4/c1-19(34)33(16-15-32(2)3)22-13-11-21(12-14-22)30-28(20-9-7-6-8-10-20)27-23-17-25(36-4)26(37-5)18-24(23)31-29(27)35/h6-14,17-18,30H,15-16H2,1-5H3,(H,31,35)/b28-27+. The Balaban J connectivity index is 1.75. The van der Waals surface area contributed by atoms with Crippen molar-refractivity contribution in [2.24, 2.45) is 0 Å². The summed E-state index contributed by atoms with van der Waals surface area (Å²) in [5.41, 5.74) is 4.99. The summed E-state index contributed by atoms with van der Waals surface area (Å²) in [7, 11) is 7.09. The highest BCUT2D eigenvalue weighted by Crippen LogP contribution is 2.43. The van der Waals surface area contributed by atoms with E-state index >= 15 is 0 Å². The minimum atomic E-state index is -0.222. The van der Waals surface area contributed by atoms with Gasteiger partial charge in [0.05, 0.1) is 31.2 Å². The van der Waals surface area contributed by atoms with Crippen LogP contribution in [0.5, 0.6) is 11.5 Å². The highest BCUT2D eigenvalue weighted by Gasteiger charge is 2.30. The minimum absolute atomic E-state index is 0.0155. The number of fused-ring (bicyclic) bond motifs is 1. The number of anilines is 3. The van der Waals surface area contributed by atoms with Crippen molar-refractivity contribution in [1.82, 2.24) is 4.90 Å². The molecule has 2 amide bonds. The van der Waals surface area contributed by atoms with Crippen LogP contribution in [0.15, 0.2) is 66.7 Å². The first-order valence-corrected chi connectivity index (χ1v) is 12.0. The van der Waals surface area contributed by atoms with E-state index in [0.717, 1.165) is 29.0 Å². The van der Waals surface area contributed by atoms with Crippen LogP contribution in [-0.4, -0.2) is 58.1 Å². The van der Waals surface area contributed by atoms with Gasteiger partial charge in [0.15, 0.2) is 11.5 Å². The number of hydrogen-bond acceptors (Lipinski definition) is 6. The predicted molar refractivity (Wildman–Crippen MR) is 148 cm³/mol. The van der Waals surface area contributed by atoms with Gasteiger partial charge in [0.25, 0.3) is 5.91 Å². The fourth-order valence-corrected chi connectivity index (χ4v) is 4.27. The molecule has 0 atom stereocenters. The average Bonchev–Trinajstić information content (AvgIpc) is 3.21. The molecule has 0 aliphatic carbocycles. The molecule has 0 saturated carbocycles. The van der Waals surface area contributed by atoms with Crippen LogP contribution in [0, 0.1) is 0 Å². The number of nitrogens with zero attached hydrogens (tertiary/aromatic N) is 2. The monoisotopic (exact) mass is 500 g/mol. The number of rotatable bonds is 9. The maximum Gasteiger partial charge on any atom is 0.258 e. The molecule has 0 aromatic heterocycles. The Morgan fingerprint density at radius 3 is 2.16 bits per heavy atom. The number of ether oxygens (including phenoxy) is 2. The lowest BCUT2D eigenvalue weighted by Gasteiger charge is -2.23. The molecule has 0 radical (unpaired) electrons. The van der Waals surface area contributed by atoms with Crippen molar-refractivity contribution >= 4 is 40.1 Å². The Bertz CT molecular complexity index is 1320. The molecule has 0 bridgehead atoms. The number of hydrogen-bond donors (Lipinski definition) is 2. The van der Waals surface area contributed by atoms with E-state index < -0.39 is 0 Å². The minimum Gasteiger partial charge on any atom is -0.493 e. The molecule has 2 N–H and O–H groups in total. The van der Waals surface area contributed by atoms with Crippen molar-refractivity contribution in [3.63, 3.8) is 0 Å². The van der Waals surface area contributed by atoms with Crippen molar-refractivity contribution in [3.8, 4) is 11.5 Å². The fraction of sp³-hybridized carbons (Fsp3) is 0.241. The number of methoxy groups -OCH3 is 2. The summed E-state index contributed by atoms with van der Waals surface area (Å²) in [5.74, 6) is 0.837. The molecule has 37 heavy (non-hydrogen) atoms. The first kappa shape index (κ1) is 25.8. The van der Waals surface area contributed by atoms with E-state index in [4.69, 9.17) is 9.47 Å². The zero-order chi connectivity index (χ0) is 26.5. The molecule has 8 nitrogen and oxygen atoms in total. The Labute approximate surface area is 217 Å². The number of likely N-dealkylation sites (N-methyl/N-ethyl adjacent to an activating group) is 1. The lowest BCUT2D eigenvalue weighted by molar-refractivity contribution is -0.116. The molecule has 8 heteroatoms. The van der Waals surface area contributed by atoms with Gasteiger partial charge in [-0.2, -0.15) is 0 Å². The normalized spacial score (nSPS) is 13.6. The van der Waals surface area contributed by atoms with Crippen LogP contribution in [-0.2, 0) is 9.59 Å². The summed E-state index contributed by atoms with van der Waals surface area (Å²) in [5, 5.41) is 6.40. The molecule has 1 heterocycles. The Hall–Kier alpha value is -4.30. The van der Waals surface area contributed by atoms with E-state index in [1.807, 2.05) is 79.7 Å². The summed E-state index contributed by atoms with van der Waals surface area (Å²) < 4.78 is 10.9. The molecule has 0 spiro atoms. The molecule has 1 aliphatic heterocycles. The largest absolute Gasteiger partial charge is 0.493 e. The van der Waals surface area contributed by atoms with Gasteiger partial charge in [0, 0.05) is 43.0 Å².